The van der Waals surface area contributed by atoms with Crippen molar-refractivity contribution in [2.24, 2.45) is 0 Å². The highest BCUT2D eigenvalue weighted by molar-refractivity contribution is 6.31. The molecule has 204 valence electrons. The lowest BCUT2D eigenvalue weighted by molar-refractivity contribution is -0.111. The van der Waals surface area contributed by atoms with Gasteiger partial charge in [0, 0.05) is 56.0 Å². The summed E-state index contributed by atoms with van der Waals surface area (Å²) in [6.45, 7) is 2.94. The van der Waals surface area contributed by atoms with Crippen LogP contribution in [0.5, 0.6) is 5.75 Å². The number of hydrogen-bond acceptors (Lipinski definition) is 8. The summed E-state index contributed by atoms with van der Waals surface area (Å²) >= 11 is 5.96. The summed E-state index contributed by atoms with van der Waals surface area (Å²) in [5, 5.41) is 16.3. The van der Waals surface area contributed by atoms with Gasteiger partial charge >= 0.3 is 0 Å². The second-order valence-corrected chi connectivity index (χ2v) is 9.44. The number of rotatable bonds is 11. The Morgan fingerprint density at radius 2 is 2.23 bits per heavy atom. The van der Waals surface area contributed by atoms with Crippen LogP contribution in [0.25, 0.3) is 10.9 Å². The molecule has 2 heterocycles. The summed E-state index contributed by atoms with van der Waals surface area (Å²) in [6, 6.07) is 9.74. The van der Waals surface area contributed by atoms with Crippen molar-refractivity contribution in [2.75, 3.05) is 57.7 Å². The van der Waals surface area contributed by atoms with Gasteiger partial charge < -0.3 is 29.7 Å². The Labute approximate surface area is 231 Å². The van der Waals surface area contributed by atoms with E-state index in [0.717, 1.165) is 13.0 Å². The minimum absolute atomic E-state index is 0.0565. The van der Waals surface area contributed by atoms with E-state index >= 15 is 0 Å². The molecule has 0 aliphatic carbocycles. The number of carbonyl (C=O) groups is 1. The van der Waals surface area contributed by atoms with Crippen molar-refractivity contribution in [2.45, 2.75) is 12.5 Å². The monoisotopic (exact) mass is 553 g/mol. The topological polar surface area (TPSA) is 109 Å². The van der Waals surface area contributed by atoms with E-state index in [9.17, 15) is 14.4 Å². The third kappa shape index (κ3) is 7.43. The number of amides is 1. The highest BCUT2D eigenvalue weighted by atomic mass is 35.5. The quantitative estimate of drug-likeness (QED) is 0.323. The minimum atomic E-state index is -0.553. The van der Waals surface area contributed by atoms with Gasteiger partial charge in [0.05, 0.1) is 47.3 Å². The van der Waals surface area contributed by atoms with E-state index in [4.69, 9.17) is 25.8 Å². The van der Waals surface area contributed by atoms with Crippen LogP contribution in [0.1, 0.15) is 12.0 Å². The van der Waals surface area contributed by atoms with Crippen molar-refractivity contribution in [3.8, 4) is 11.8 Å². The van der Waals surface area contributed by atoms with Crippen molar-refractivity contribution < 1.29 is 23.4 Å². The van der Waals surface area contributed by atoms with Gasteiger partial charge in [-0.15, -0.1) is 0 Å². The van der Waals surface area contributed by atoms with Crippen LogP contribution in [0.15, 0.2) is 48.7 Å². The van der Waals surface area contributed by atoms with Crippen LogP contribution in [0, 0.1) is 17.1 Å². The summed E-state index contributed by atoms with van der Waals surface area (Å²) in [7, 11) is 3.58. The van der Waals surface area contributed by atoms with Crippen molar-refractivity contribution in [3.63, 3.8) is 0 Å². The lowest BCUT2D eigenvalue weighted by atomic mass is 10.1. The Morgan fingerprint density at radius 1 is 1.38 bits per heavy atom. The lowest BCUT2D eigenvalue weighted by Crippen LogP contribution is -2.23. The number of ether oxygens (including phenoxy) is 3. The third-order valence-electron chi connectivity index (χ3n) is 6.08. The number of nitriles is 1. The number of pyridine rings is 1. The van der Waals surface area contributed by atoms with Gasteiger partial charge in [0.25, 0.3) is 0 Å². The first kappa shape index (κ1) is 28.3. The standard InChI is InChI=1S/C28H29ClFN5O4/c1-35(9-11-37-2)8-3-4-27(36)34-25-13-21-24(14-26(25)39-20-7-10-38-17-20)32-16-18(15-31)28(21)33-19-5-6-23(30)22(29)12-19/h3-6,12-14,16,20H,7-11,17H2,1-2H3,(H,32,33)(H,34,36)/b4-3+. The Kier molecular flexibility index (Phi) is 9.68. The predicted octanol–water partition coefficient (Wildman–Crippen LogP) is 4.88. The average Bonchev–Trinajstić information content (AvgIpc) is 3.43. The molecule has 1 unspecified atom stereocenters. The molecule has 0 saturated carbocycles. The highest BCUT2D eigenvalue weighted by Gasteiger charge is 2.21. The Hall–Kier alpha value is -3.75. The summed E-state index contributed by atoms with van der Waals surface area (Å²) in [6.07, 6.45) is 5.22. The molecule has 2 aromatic carbocycles. The van der Waals surface area contributed by atoms with E-state index < -0.39 is 5.82 Å². The summed E-state index contributed by atoms with van der Waals surface area (Å²) in [4.78, 5) is 19.3. The van der Waals surface area contributed by atoms with Crippen LogP contribution in [0.4, 0.5) is 21.5 Å². The zero-order valence-corrected chi connectivity index (χ0v) is 22.4. The molecule has 0 spiro atoms. The Bertz CT molecular complexity index is 1400. The molecule has 1 fully saturated rings. The number of halogens is 2. The van der Waals surface area contributed by atoms with Gasteiger partial charge in [-0.1, -0.05) is 17.7 Å². The number of benzene rings is 2. The normalized spacial score (nSPS) is 15.1. The highest BCUT2D eigenvalue weighted by Crippen LogP contribution is 2.37. The number of carbonyl (C=O) groups excluding carboxylic acids is 1. The number of hydrogen-bond donors (Lipinski definition) is 2. The van der Waals surface area contributed by atoms with Crippen LogP contribution in [-0.2, 0) is 14.3 Å². The van der Waals surface area contributed by atoms with Gasteiger partial charge in [0.1, 0.15) is 23.7 Å². The number of aromatic nitrogens is 1. The summed E-state index contributed by atoms with van der Waals surface area (Å²) < 4.78 is 30.4. The number of methoxy groups -OCH3 is 1. The Balaban J connectivity index is 1.68. The van der Waals surface area contributed by atoms with Gasteiger partial charge in [0.2, 0.25) is 5.91 Å². The molecule has 1 aromatic heterocycles. The van der Waals surface area contributed by atoms with Gasteiger partial charge in [-0.25, -0.2) is 4.39 Å². The summed E-state index contributed by atoms with van der Waals surface area (Å²) in [5.74, 6) is -0.459. The molecule has 0 radical (unpaired) electrons. The van der Waals surface area contributed by atoms with Crippen LogP contribution in [-0.4, -0.2) is 69.0 Å². The molecule has 11 heteroatoms. The first-order chi connectivity index (χ1) is 18.9. The number of nitrogens with zero attached hydrogens (tertiary/aromatic N) is 3. The van der Waals surface area contributed by atoms with Gasteiger partial charge in [-0.3, -0.25) is 9.78 Å². The largest absolute Gasteiger partial charge is 0.486 e. The molecule has 1 amide bonds. The fourth-order valence-corrected chi connectivity index (χ4v) is 4.17. The number of nitrogens with one attached hydrogen (secondary N) is 2. The molecule has 4 rings (SSSR count). The number of likely N-dealkylation sites (N-methyl/N-ethyl adjacent to an activating group) is 1. The molecule has 9 nitrogen and oxygen atoms in total. The van der Waals surface area contributed by atoms with E-state index in [1.54, 1.807) is 25.3 Å². The molecular weight excluding hydrogens is 525 g/mol. The minimum Gasteiger partial charge on any atom is -0.486 e. The first-order valence-electron chi connectivity index (χ1n) is 12.4. The second-order valence-electron chi connectivity index (χ2n) is 9.03. The second kappa shape index (κ2) is 13.4. The molecule has 1 aliphatic heterocycles. The summed E-state index contributed by atoms with van der Waals surface area (Å²) in [5.41, 5.74) is 2.13. The molecular formula is C28H29ClFN5O4. The predicted molar refractivity (Wildman–Crippen MR) is 148 cm³/mol. The van der Waals surface area contributed by atoms with E-state index in [1.165, 1.54) is 30.5 Å². The smallest absolute Gasteiger partial charge is 0.248 e. The fraction of sp³-hybridized carbons (Fsp3) is 0.321. The average molecular weight is 554 g/mol. The molecule has 1 atom stereocenters. The Morgan fingerprint density at radius 3 is 2.95 bits per heavy atom. The molecule has 39 heavy (non-hydrogen) atoms. The van der Waals surface area contributed by atoms with Gasteiger partial charge in [0.15, 0.2) is 0 Å². The van der Waals surface area contributed by atoms with Crippen LogP contribution in [0.3, 0.4) is 0 Å². The van der Waals surface area contributed by atoms with Crippen molar-refractivity contribution in [1.82, 2.24) is 9.88 Å². The molecule has 1 saturated heterocycles. The van der Waals surface area contributed by atoms with E-state index in [0.29, 0.717) is 60.1 Å². The van der Waals surface area contributed by atoms with Gasteiger partial charge in [-0.2, -0.15) is 5.26 Å². The van der Waals surface area contributed by atoms with E-state index in [-0.39, 0.29) is 22.6 Å². The molecule has 0 bridgehead atoms. The zero-order valence-electron chi connectivity index (χ0n) is 21.7. The SMILES string of the molecule is COCCN(C)C/C=C/C(=O)Nc1cc2c(Nc3ccc(F)c(Cl)c3)c(C#N)cnc2cc1OC1CCOC1. The van der Waals surface area contributed by atoms with E-state index in [2.05, 4.69) is 21.7 Å². The molecule has 1 aliphatic rings. The lowest BCUT2D eigenvalue weighted by Gasteiger charge is -2.18. The maximum atomic E-state index is 13.7. The van der Waals surface area contributed by atoms with Crippen molar-refractivity contribution >= 4 is 45.5 Å². The van der Waals surface area contributed by atoms with Crippen LogP contribution in [0.2, 0.25) is 5.02 Å². The molecule has 3 aromatic rings. The van der Waals surface area contributed by atoms with Crippen molar-refractivity contribution in [1.29, 1.82) is 5.26 Å². The van der Waals surface area contributed by atoms with Crippen LogP contribution < -0.4 is 15.4 Å². The molecule has 2 N–H and O–H groups in total. The third-order valence-corrected chi connectivity index (χ3v) is 6.37. The number of fused-ring (bicyclic) bond motifs is 1. The van der Waals surface area contributed by atoms with Crippen molar-refractivity contribution in [3.05, 3.63) is 65.1 Å². The fourth-order valence-electron chi connectivity index (χ4n) is 3.99. The van der Waals surface area contributed by atoms with E-state index in [1.807, 2.05) is 11.9 Å². The van der Waals surface area contributed by atoms with Gasteiger partial charge in [-0.05, 0) is 31.3 Å². The first-order valence-corrected chi connectivity index (χ1v) is 12.7. The van der Waals surface area contributed by atoms with Crippen LogP contribution >= 0.6 is 11.6 Å². The zero-order chi connectivity index (χ0) is 27.8. The number of anilines is 3. The maximum Gasteiger partial charge on any atom is 0.248 e. The maximum absolute atomic E-state index is 13.7.